The van der Waals surface area contributed by atoms with E-state index in [2.05, 4.69) is 5.32 Å². The van der Waals surface area contributed by atoms with E-state index in [1.807, 2.05) is 25.1 Å². The first-order valence-electron chi connectivity index (χ1n) is 6.95. The molecule has 0 saturated carbocycles. The summed E-state index contributed by atoms with van der Waals surface area (Å²) in [5.41, 5.74) is 6.51. The highest BCUT2D eigenvalue weighted by atomic mass is 35.5. The largest absolute Gasteiger partial charge is 0.366 e. The Morgan fingerprint density at radius 3 is 2.65 bits per heavy atom. The first-order chi connectivity index (χ1) is 10.9. The van der Waals surface area contributed by atoms with Crippen LogP contribution in [0.2, 0.25) is 5.02 Å². The van der Waals surface area contributed by atoms with Crippen LogP contribution in [0, 0.1) is 10.1 Å². The SMILES string of the molecule is C[C@H](NCc1ccc(C(N)=O)cc1[N+](=O)[O-])c1ccccc1Cl. The average molecular weight is 334 g/mol. The number of rotatable bonds is 6. The fourth-order valence-corrected chi connectivity index (χ4v) is 2.54. The number of nitro groups is 1. The number of benzene rings is 2. The van der Waals surface area contributed by atoms with Gasteiger partial charge in [-0.3, -0.25) is 14.9 Å². The van der Waals surface area contributed by atoms with Crippen molar-refractivity contribution in [1.29, 1.82) is 0 Å². The molecule has 6 nitrogen and oxygen atoms in total. The average Bonchev–Trinajstić information content (AvgIpc) is 2.52. The normalized spacial score (nSPS) is 11.9. The minimum absolute atomic E-state index is 0.0841. The molecule has 120 valence electrons. The van der Waals surface area contributed by atoms with Gasteiger partial charge in [0.05, 0.1) is 4.92 Å². The highest BCUT2D eigenvalue weighted by Crippen LogP contribution is 2.24. The second-order valence-electron chi connectivity index (χ2n) is 5.09. The molecule has 0 radical (unpaired) electrons. The summed E-state index contributed by atoms with van der Waals surface area (Å²) >= 11 is 6.14. The van der Waals surface area contributed by atoms with Crippen molar-refractivity contribution in [3.63, 3.8) is 0 Å². The van der Waals surface area contributed by atoms with Crippen molar-refractivity contribution >= 4 is 23.2 Å². The number of nitrogens with two attached hydrogens (primary N) is 1. The molecule has 0 unspecified atom stereocenters. The fraction of sp³-hybridized carbons (Fsp3) is 0.188. The zero-order chi connectivity index (χ0) is 17.0. The Hall–Kier alpha value is -2.44. The molecular formula is C16H16ClN3O3. The lowest BCUT2D eigenvalue weighted by Gasteiger charge is -2.16. The van der Waals surface area contributed by atoms with E-state index < -0.39 is 10.8 Å². The van der Waals surface area contributed by atoms with E-state index in [0.717, 1.165) is 5.56 Å². The van der Waals surface area contributed by atoms with E-state index in [-0.39, 0.29) is 23.8 Å². The Balaban J connectivity index is 2.18. The van der Waals surface area contributed by atoms with Crippen molar-refractivity contribution in [2.45, 2.75) is 19.5 Å². The second-order valence-corrected chi connectivity index (χ2v) is 5.50. The molecule has 2 aromatic rings. The first-order valence-corrected chi connectivity index (χ1v) is 7.33. The Morgan fingerprint density at radius 2 is 2.04 bits per heavy atom. The van der Waals surface area contributed by atoms with Gasteiger partial charge in [0.1, 0.15) is 0 Å². The summed E-state index contributed by atoms with van der Waals surface area (Å²) in [6, 6.07) is 11.5. The maximum atomic E-state index is 11.2. The molecule has 0 fully saturated rings. The van der Waals surface area contributed by atoms with Crippen LogP contribution in [-0.2, 0) is 6.54 Å². The molecule has 23 heavy (non-hydrogen) atoms. The molecule has 2 aromatic carbocycles. The summed E-state index contributed by atoms with van der Waals surface area (Å²) in [6.45, 7) is 2.19. The molecule has 0 bridgehead atoms. The fourth-order valence-electron chi connectivity index (χ4n) is 2.24. The van der Waals surface area contributed by atoms with Crippen LogP contribution in [0.4, 0.5) is 5.69 Å². The Labute approximate surface area is 138 Å². The van der Waals surface area contributed by atoms with Crippen LogP contribution < -0.4 is 11.1 Å². The van der Waals surface area contributed by atoms with Crippen LogP contribution in [0.3, 0.4) is 0 Å². The van der Waals surface area contributed by atoms with Gasteiger partial charge >= 0.3 is 0 Å². The number of carbonyl (C=O) groups excluding carboxylic acids is 1. The van der Waals surface area contributed by atoms with Crippen molar-refractivity contribution in [3.05, 3.63) is 74.3 Å². The van der Waals surface area contributed by atoms with Gasteiger partial charge in [0, 0.05) is 34.8 Å². The van der Waals surface area contributed by atoms with E-state index in [9.17, 15) is 14.9 Å². The number of nitro benzene ring substituents is 1. The first kappa shape index (κ1) is 16.9. The third-order valence-corrected chi connectivity index (χ3v) is 3.88. The third kappa shape index (κ3) is 4.06. The summed E-state index contributed by atoms with van der Waals surface area (Å²) in [5, 5.41) is 15.0. The second kappa shape index (κ2) is 7.21. The topological polar surface area (TPSA) is 98.3 Å². The van der Waals surface area contributed by atoms with Crippen LogP contribution in [0.25, 0.3) is 0 Å². The minimum Gasteiger partial charge on any atom is -0.366 e. The van der Waals surface area contributed by atoms with Gasteiger partial charge in [0.2, 0.25) is 5.91 Å². The number of hydrogen-bond acceptors (Lipinski definition) is 4. The lowest BCUT2D eigenvalue weighted by molar-refractivity contribution is -0.385. The van der Waals surface area contributed by atoms with E-state index >= 15 is 0 Å². The molecule has 0 spiro atoms. The predicted octanol–water partition coefficient (Wildman–Crippen LogP) is 3.20. The maximum absolute atomic E-state index is 11.2. The summed E-state index contributed by atoms with van der Waals surface area (Å²) in [7, 11) is 0. The molecule has 0 saturated heterocycles. The standard InChI is InChI=1S/C16H16ClN3O3/c1-10(13-4-2-3-5-14(13)17)19-9-12-7-6-11(16(18)21)8-15(12)20(22)23/h2-8,10,19H,9H2,1H3,(H2,18,21)/t10-/m0/s1. The molecule has 1 atom stereocenters. The lowest BCUT2D eigenvalue weighted by Crippen LogP contribution is -2.19. The number of halogens is 1. The molecule has 1 amide bonds. The van der Waals surface area contributed by atoms with E-state index in [1.54, 1.807) is 6.07 Å². The molecule has 0 aliphatic rings. The number of nitrogens with one attached hydrogen (secondary N) is 1. The van der Waals surface area contributed by atoms with Crippen LogP contribution in [0.5, 0.6) is 0 Å². The lowest BCUT2D eigenvalue weighted by atomic mass is 10.1. The van der Waals surface area contributed by atoms with Crippen molar-refractivity contribution in [3.8, 4) is 0 Å². The monoisotopic (exact) mass is 333 g/mol. The van der Waals surface area contributed by atoms with Gasteiger partial charge in [-0.05, 0) is 24.6 Å². The van der Waals surface area contributed by atoms with Crippen LogP contribution in [-0.4, -0.2) is 10.8 Å². The van der Waals surface area contributed by atoms with Crippen molar-refractivity contribution < 1.29 is 9.72 Å². The van der Waals surface area contributed by atoms with E-state index in [0.29, 0.717) is 10.6 Å². The van der Waals surface area contributed by atoms with Crippen molar-refractivity contribution in [1.82, 2.24) is 5.32 Å². The molecule has 3 N–H and O–H groups in total. The van der Waals surface area contributed by atoms with Crippen LogP contribution >= 0.6 is 11.6 Å². The quantitative estimate of drug-likeness (QED) is 0.626. The third-order valence-electron chi connectivity index (χ3n) is 3.54. The maximum Gasteiger partial charge on any atom is 0.274 e. The number of carbonyl (C=O) groups is 1. The van der Waals surface area contributed by atoms with Gasteiger partial charge in [0.25, 0.3) is 5.69 Å². The zero-order valence-electron chi connectivity index (χ0n) is 12.5. The highest BCUT2D eigenvalue weighted by molar-refractivity contribution is 6.31. The van der Waals surface area contributed by atoms with Gasteiger partial charge in [-0.1, -0.05) is 35.9 Å². The molecule has 0 aliphatic carbocycles. The highest BCUT2D eigenvalue weighted by Gasteiger charge is 2.17. The summed E-state index contributed by atoms with van der Waals surface area (Å²) in [6.07, 6.45) is 0. The van der Waals surface area contributed by atoms with Gasteiger partial charge < -0.3 is 11.1 Å². The smallest absolute Gasteiger partial charge is 0.274 e. The molecular weight excluding hydrogens is 318 g/mol. The van der Waals surface area contributed by atoms with E-state index in [1.165, 1.54) is 18.2 Å². The molecule has 0 aromatic heterocycles. The predicted molar refractivity (Wildman–Crippen MR) is 88.3 cm³/mol. The number of primary amides is 1. The molecule has 0 aliphatic heterocycles. The Bertz CT molecular complexity index is 749. The van der Waals surface area contributed by atoms with Gasteiger partial charge in [-0.25, -0.2) is 0 Å². The summed E-state index contributed by atoms with van der Waals surface area (Å²) in [4.78, 5) is 21.8. The minimum atomic E-state index is -0.697. The number of nitrogens with zero attached hydrogens (tertiary/aromatic N) is 1. The van der Waals surface area contributed by atoms with Crippen molar-refractivity contribution in [2.75, 3.05) is 0 Å². The van der Waals surface area contributed by atoms with Crippen LogP contribution in [0.1, 0.15) is 34.5 Å². The molecule has 7 heteroatoms. The van der Waals surface area contributed by atoms with E-state index in [4.69, 9.17) is 17.3 Å². The van der Waals surface area contributed by atoms with Gasteiger partial charge in [-0.15, -0.1) is 0 Å². The zero-order valence-corrected chi connectivity index (χ0v) is 13.2. The summed E-state index contributed by atoms with van der Waals surface area (Å²) in [5.74, 6) is -0.697. The molecule has 0 heterocycles. The Kier molecular flexibility index (Phi) is 5.31. The Morgan fingerprint density at radius 1 is 1.35 bits per heavy atom. The van der Waals surface area contributed by atoms with Crippen LogP contribution in [0.15, 0.2) is 42.5 Å². The molecule has 2 rings (SSSR count). The summed E-state index contributed by atoms with van der Waals surface area (Å²) < 4.78 is 0. The number of hydrogen-bond donors (Lipinski definition) is 2. The van der Waals surface area contributed by atoms with Gasteiger partial charge in [0.15, 0.2) is 0 Å². The van der Waals surface area contributed by atoms with Gasteiger partial charge in [-0.2, -0.15) is 0 Å². The number of amides is 1. The van der Waals surface area contributed by atoms with Crippen molar-refractivity contribution in [2.24, 2.45) is 5.73 Å².